The molecule has 0 aromatic rings. The van der Waals surface area contributed by atoms with Crippen molar-refractivity contribution in [2.24, 2.45) is 0 Å². The van der Waals surface area contributed by atoms with Crippen LogP contribution < -0.4 is 5.32 Å². The Kier molecular flexibility index (Phi) is 2.94. The first-order valence-corrected chi connectivity index (χ1v) is 6.06. The Morgan fingerprint density at radius 2 is 2.33 bits per heavy atom. The van der Waals surface area contributed by atoms with Gasteiger partial charge in [-0.15, -0.1) is 0 Å². The van der Waals surface area contributed by atoms with Gasteiger partial charge >= 0.3 is 0 Å². The smallest absolute Gasteiger partial charge is 0.0340 e. The molecule has 2 atom stereocenters. The maximum absolute atomic E-state index is 3.45. The number of hydrogen-bond acceptors (Lipinski definition) is 3. The first-order valence-electron chi connectivity index (χ1n) is 4.91. The van der Waals surface area contributed by atoms with Crippen LogP contribution in [0.3, 0.4) is 0 Å². The molecule has 2 aliphatic rings. The van der Waals surface area contributed by atoms with Gasteiger partial charge in [-0.2, -0.15) is 11.8 Å². The number of nitrogens with one attached hydrogen (secondary N) is 1. The molecule has 2 heterocycles. The molecule has 70 valence electrons. The second-order valence-corrected chi connectivity index (χ2v) is 4.87. The summed E-state index contributed by atoms with van der Waals surface area (Å²) in [7, 11) is 2.10. The van der Waals surface area contributed by atoms with E-state index in [4.69, 9.17) is 0 Å². The van der Waals surface area contributed by atoms with Crippen LogP contribution in [0.15, 0.2) is 0 Å². The summed E-state index contributed by atoms with van der Waals surface area (Å²) < 4.78 is 0. The van der Waals surface area contributed by atoms with Crippen molar-refractivity contribution in [2.75, 3.05) is 31.6 Å². The molecule has 2 aliphatic heterocycles. The number of likely N-dealkylation sites (N-methyl/N-ethyl adjacent to an activating group) is 1. The number of piperidine rings is 1. The van der Waals surface area contributed by atoms with Crippen LogP contribution in [0, 0.1) is 0 Å². The molecule has 0 aliphatic carbocycles. The van der Waals surface area contributed by atoms with Gasteiger partial charge in [0.1, 0.15) is 0 Å². The minimum atomic E-state index is 0.756. The van der Waals surface area contributed by atoms with E-state index >= 15 is 0 Å². The lowest BCUT2D eigenvalue weighted by Gasteiger charge is -2.43. The SMILES string of the molecule is CNC1CCCN2CCSCC12. The van der Waals surface area contributed by atoms with E-state index in [0.29, 0.717) is 0 Å². The highest BCUT2D eigenvalue weighted by atomic mass is 32.2. The van der Waals surface area contributed by atoms with E-state index in [0.717, 1.165) is 12.1 Å². The Balaban J connectivity index is 1.99. The van der Waals surface area contributed by atoms with Crippen LogP contribution in [0.1, 0.15) is 12.8 Å². The fraction of sp³-hybridized carbons (Fsp3) is 1.00. The van der Waals surface area contributed by atoms with E-state index in [1.54, 1.807) is 0 Å². The highest BCUT2D eigenvalue weighted by molar-refractivity contribution is 7.99. The van der Waals surface area contributed by atoms with Crippen LogP contribution in [-0.2, 0) is 0 Å². The Hall–Kier alpha value is 0.270. The zero-order chi connectivity index (χ0) is 8.39. The van der Waals surface area contributed by atoms with Gasteiger partial charge in [-0.25, -0.2) is 0 Å². The maximum Gasteiger partial charge on any atom is 0.0340 e. The molecule has 3 heteroatoms. The lowest BCUT2D eigenvalue weighted by Crippen LogP contribution is -2.56. The Labute approximate surface area is 79.1 Å². The standard InChI is InChI=1S/C9H18N2S/c1-10-8-3-2-4-11-5-6-12-7-9(8)11/h8-10H,2-7H2,1H3. The first kappa shape index (κ1) is 8.85. The van der Waals surface area contributed by atoms with Crippen LogP contribution >= 0.6 is 11.8 Å². The number of thioether (sulfide) groups is 1. The first-order chi connectivity index (χ1) is 5.92. The molecule has 2 saturated heterocycles. The summed E-state index contributed by atoms with van der Waals surface area (Å²) >= 11 is 2.12. The summed E-state index contributed by atoms with van der Waals surface area (Å²) in [6.07, 6.45) is 2.75. The molecule has 2 rings (SSSR count). The molecule has 0 spiro atoms. The van der Waals surface area contributed by atoms with Crippen molar-refractivity contribution in [3.05, 3.63) is 0 Å². The molecule has 0 bridgehead atoms. The van der Waals surface area contributed by atoms with E-state index in [9.17, 15) is 0 Å². The minimum Gasteiger partial charge on any atom is -0.315 e. The summed E-state index contributed by atoms with van der Waals surface area (Å²) in [5, 5.41) is 3.45. The van der Waals surface area contributed by atoms with Gasteiger partial charge in [-0.1, -0.05) is 0 Å². The average molecular weight is 186 g/mol. The van der Waals surface area contributed by atoms with E-state index in [-0.39, 0.29) is 0 Å². The Morgan fingerprint density at radius 3 is 3.17 bits per heavy atom. The molecule has 0 saturated carbocycles. The molecule has 0 radical (unpaired) electrons. The van der Waals surface area contributed by atoms with Crippen LogP contribution in [0.5, 0.6) is 0 Å². The van der Waals surface area contributed by atoms with Gasteiger partial charge in [0.25, 0.3) is 0 Å². The Morgan fingerprint density at radius 1 is 1.42 bits per heavy atom. The highest BCUT2D eigenvalue weighted by Crippen LogP contribution is 2.25. The minimum absolute atomic E-state index is 0.756. The van der Waals surface area contributed by atoms with Gasteiger partial charge in [0, 0.05) is 30.1 Å². The van der Waals surface area contributed by atoms with Crippen molar-refractivity contribution in [3.63, 3.8) is 0 Å². The third-order valence-corrected chi connectivity index (χ3v) is 4.12. The van der Waals surface area contributed by atoms with Gasteiger partial charge in [0.15, 0.2) is 0 Å². The largest absolute Gasteiger partial charge is 0.315 e. The topological polar surface area (TPSA) is 15.3 Å². The lowest BCUT2D eigenvalue weighted by atomic mass is 9.97. The maximum atomic E-state index is 3.45. The van der Waals surface area contributed by atoms with Crippen molar-refractivity contribution in [1.82, 2.24) is 10.2 Å². The van der Waals surface area contributed by atoms with Crippen LogP contribution in [0.2, 0.25) is 0 Å². The van der Waals surface area contributed by atoms with Crippen molar-refractivity contribution in [1.29, 1.82) is 0 Å². The number of hydrogen-bond donors (Lipinski definition) is 1. The summed E-state index contributed by atoms with van der Waals surface area (Å²) in [4.78, 5) is 2.67. The molecule has 0 amide bonds. The van der Waals surface area contributed by atoms with Gasteiger partial charge in [0.2, 0.25) is 0 Å². The summed E-state index contributed by atoms with van der Waals surface area (Å²) in [5.41, 5.74) is 0. The predicted octanol–water partition coefficient (Wildman–Crippen LogP) is 0.786. The van der Waals surface area contributed by atoms with Gasteiger partial charge in [0.05, 0.1) is 0 Å². The number of rotatable bonds is 1. The molecule has 0 aromatic carbocycles. The van der Waals surface area contributed by atoms with Crippen LogP contribution in [0.4, 0.5) is 0 Å². The number of fused-ring (bicyclic) bond motifs is 1. The summed E-state index contributed by atoms with van der Waals surface area (Å²) in [6, 6.07) is 1.58. The zero-order valence-electron chi connectivity index (χ0n) is 7.75. The molecular formula is C9H18N2S. The molecule has 2 unspecified atom stereocenters. The van der Waals surface area contributed by atoms with Crippen molar-refractivity contribution in [3.8, 4) is 0 Å². The van der Waals surface area contributed by atoms with Crippen molar-refractivity contribution < 1.29 is 0 Å². The van der Waals surface area contributed by atoms with Crippen LogP contribution in [0.25, 0.3) is 0 Å². The van der Waals surface area contributed by atoms with E-state index in [1.165, 1.54) is 37.4 Å². The molecule has 2 nitrogen and oxygen atoms in total. The van der Waals surface area contributed by atoms with Crippen molar-refractivity contribution in [2.45, 2.75) is 24.9 Å². The molecular weight excluding hydrogens is 168 g/mol. The fourth-order valence-electron chi connectivity index (χ4n) is 2.35. The number of nitrogens with zero attached hydrogens (tertiary/aromatic N) is 1. The normalized spacial score (nSPS) is 37.8. The molecule has 1 N–H and O–H groups in total. The lowest BCUT2D eigenvalue weighted by molar-refractivity contribution is 0.134. The predicted molar refractivity (Wildman–Crippen MR) is 54.8 cm³/mol. The second kappa shape index (κ2) is 3.99. The monoisotopic (exact) mass is 186 g/mol. The second-order valence-electron chi connectivity index (χ2n) is 3.72. The fourth-order valence-corrected chi connectivity index (χ4v) is 3.56. The quantitative estimate of drug-likeness (QED) is 0.652. The molecule has 0 aromatic heterocycles. The van der Waals surface area contributed by atoms with Crippen LogP contribution in [-0.4, -0.2) is 48.6 Å². The zero-order valence-corrected chi connectivity index (χ0v) is 8.57. The molecule has 2 fully saturated rings. The third kappa shape index (κ3) is 1.63. The summed E-state index contributed by atoms with van der Waals surface area (Å²) in [6.45, 7) is 2.65. The summed E-state index contributed by atoms with van der Waals surface area (Å²) in [5.74, 6) is 2.68. The average Bonchev–Trinajstić information content (AvgIpc) is 2.17. The van der Waals surface area contributed by atoms with E-state index in [1.807, 2.05) is 0 Å². The van der Waals surface area contributed by atoms with Crippen molar-refractivity contribution >= 4 is 11.8 Å². The highest BCUT2D eigenvalue weighted by Gasteiger charge is 2.31. The van der Waals surface area contributed by atoms with Gasteiger partial charge < -0.3 is 5.32 Å². The third-order valence-electron chi connectivity index (χ3n) is 3.08. The van der Waals surface area contributed by atoms with E-state index in [2.05, 4.69) is 29.0 Å². The van der Waals surface area contributed by atoms with Gasteiger partial charge in [-0.05, 0) is 26.4 Å². The van der Waals surface area contributed by atoms with E-state index < -0.39 is 0 Å². The van der Waals surface area contributed by atoms with Gasteiger partial charge in [-0.3, -0.25) is 4.90 Å². The molecule has 12 heavy (non-hydrogen) atoms. The Bertz CT molecular complexity index is 143.